The Kier molecular flexibility index (Phi) is 5.02. The van der Waals surface area contributed by atoms with Crippen LogP contribution in [0.1, 0.15) is 25.1 Å². The summed E-state index contributed by atoms with van der Waals surface area (Å²) in [6, 6.07) is 5.97. The molecule has 1 fully saturated rings. The number of aromatic nitrogens is 4. The van der Waals surface area contributed by atoms with Crippen molar-refractivity contribution in [3.63, 3.8) is 0 Å². The average molecular weight is 473 g/mol. The van der Waals surface area contributed by atoms with Gasteiger partial charge < -0.3 is 19.7 Å². The summed E-state index contributed by atoms with van der Waals surface area (Å²) in [5.41, 5.74) is 3.05. The van der Waals surface area contributed by atoms with Crippen molar-refractivity contribution in [2.75, 3.05) is 49.9 Å². The van der Waals surface area contributed by atoms with E-state index in [0.29, 0.717) is 55.5 Å². The minimum Gasteiger partial charge on any atom is -0.486 e. The molecule has 2 aromatic heterocycles. The van der Waals surface area contributed by atoms with Gasteiger partial charge in [-0.15, -0.1) is 0 Å². The van der Waals surface area contributed by atoms with E-state index in [0.717, 1.165) is 16.6 Å². The molecule has 11 heteroatoms. The largest absolute Gasteiger partial charge is 0.486 e. The molecular weight excluding hydrogens is 444 g/mol. The van der Waals surface area contributed by atoms with Gasteiger partial charge in [-0.05, 0) is 38.5 Å². The van der Waals surface area contributed by atoms with Crippen LogP contribution in [0.25, 0.3) is 17.0 Å². The molecule has 0 saturated carbocycles. The molecule has 0 unspecified atom stereocenters. The van der Waals surface area contributed by atoms with Crippen LogP contribution in [0.4, 0.5) is 11.8 Å². The summed E-state index contributed by atoms with van der Waals surface area (Å²) in [4.78, 5) is 16.5. The van der Waals surface area contributed by atoms with Crippen molar-refractivity contribution in [3.05, 3.63) is 29.5 Å². The zero-order chi connectivity index (χ0) is 23.5. The fourth-order valence-corrected chi connectivity index (χ4v) is 4.74. The van der Waals surface area contributed by atoms with Crippen molar-refractivity contribution < 1.29 is 17.9 Å². The third kappa shape index (κ3) is 3.41. The van der Waals surface area contributed by atoms with Crippen molar-refractivity contribution in [2.45, 2.75) is 31.6 Å². The second-order valence-electron chi connectivity index (χ2n) is 9.05. The van der Waals surface area contributed by atoms with Crippen LogP contribution in [-0.4, -0.2) is 73.6 Å². The molecular formula is C22H28N6O4S. The number of morpholine rings is 1. The van der Waals surface area contributed by atoms with Crippen LogP contribution < -0.4 is 15.0 Å². The predicted molar refractivity (Wildman–Crippen MR) is 126 cm³/mol. The Labute approximate surface area is 192 Å². The molecule has 1 N–H and O–H groups in total. The minimum atomic E-state index is -3.52. The lowest BCUT2D eigenvalue weighted by molar-refractivity contribution is 0.0691. The lowest BCUT2D eigenvalue weighted by Crippen LogP contribution is -2.52. The first-order valence-corrected chi connectivity index (χ1v) is 12.8. The first-order chi connectivity index (χ1) is 15.6. The molecule has 0 bridgehead atoms. The minimum absolute atomic E-state index is 0.00847. The van der Waals surface area contributed by atoms with E-state index < -0.39 is 14.6 Å². The fraction of sp³-hybridized carbons (Fsp3) is 0.500. The quantitative estimate of drug-likeness (QED) is 0.610. The molecule has 0 amide bonds. The second kappa shape index (κ2) is 7.56. The van der Waals surface area contributed by atoms with Crippen LogP contribution in [0.3, 0.4) is 0 Å². The highest BCUT2D eigenvalue weighted by molar-refractivity contribution is 7.91. The maximum atomic E-state index is 12.8. The van der Waals surface area contributed by atoms with Gasteiger partial charge in [-0.1, -0.05) is 6.07 Å². The number of nitrogens with one attached hydrogen (secondary N) is 1. The van der Waals surface area contributed by atoms with E-state index in [9.17, 15) is 8.42 Å². The van der Waals surface area contributed by atoms with Crippen molar-refractivity contribution in [1.29, 1.82) is 0 Å². The maximum Gasteiger partial charge on any atom is 0.239 e. The lowest BCUT2D eigenvalue weighted by atomic mass is 10.1. The van der Waals surface area contributed by atoms with Crippen LogP contribution in [0.5, 0.6) is 5.75 Å². The summed E-state index contributed by atoms with van der Waals surface area (Å²) in [6.07, 6.45) is 1.22. The molecule has 1 atom stereocenters. The summed E-state index contributed by atoms with van der Waals surface area (Å²) in [5.74, 6) is 1.90. The molecule has 3 aromatic rings. The Balaban J connectivity index is 1.82. The number of nitrogens with zero attached hydrogens (tertiary/aromatic N) is 5. The summed E-state index contributed by atoms with van der Waals surface area (Å²) in [7, 11) is -1.74. The van der Waals surface area contributed by atoms with Crippen LogP contribution in [-0.2, 0) is 19.3 Å². The number of rotatable bonds is 4. The number of fused-ring (bicyclic) bond motifs is 4. The zero-order valence-electron chi connectivity index (χ0n) is 19.4. The van der Waals surface area contributed by atoms with Crippen LogP contribution in [0.2, 0.25) is 0 Å². The van der Waals surface area contributed by atoms with E-state index in [2.05, 4.69) is 10.2 Å². The van der Waals surface area contributed by atoms with Crippen molar-refractivity contribution in [1.82, 2.24) is 19.5 Å². The van der Waals surface area contributed by atoms with Crippen LogP contribution >= 0.6 is 0 Å². The standard InChI is InChI=1S/C22H28N6O4S/c1-13-6-7-16-15(10-13)24-20(23-4)28(16)21-25-18(22(2,3)33(5,29)30)17-19(26-21)27-8-9-31-11-14(27)12-32-17/h6-7,10,14H,8-9,11-12H2,1-5H3,(H,23,24)/t14-/m0/s1. The van der Waals surface area contributed by atoms with Crippen LogP contribution in [0, 0.1) is 6.92 Å². The molecule has 0 spiro atoms. The monoisotopic (exact) mass is 472 g/mol. The van der Waals surface area contributed by atoms with E-state index in [1.807, 2.05) is 29.7 Å². The average Bonchev–Trinajstić information content (AvgIpc) is 3.15. The Hall–Kier alpha value is -2.92. The molecule has 0 radical (unpaired) electrons. The Morgan fingerprint density at radius 1 is 1.18 bits per heavy atom. The van der Waals surface area contributed by atoms with Crippen LogP contribution in [0.15, 0.2) is 18.2 Å². The molecule has 33 heavy (non-hydrogen) atoms. The fourth-order valence-electron chi connectivity index (χ4n) is 4.25. The number of ether oxygens (including phenoxy) is 2. The SMILES string of the molecule is CNc1nc2cc(C)ccc2n1-c1nc2c(c(C(C)(C)S(C)(=O)=O)n1)OC[C@@H]1COCCN21. The molecule has 4 heterocycles. The maximum absolute atomic E-state index is 12.8. The third-order valence-electron chi connectivity index (χ3n) is 6.49. The predicted octanol–water partition coefficient (Wildman–Crippen LogP) is 2.04. The lowest BCUT2D eigenvalue weighted by Gasteiger charge is -2.41. The topological polar surface area (TPSA) is 111 Å². The Morgan fingerprint density at radius 3 is 2.70 bits per heavy atom. The zero-order valence-corrected chi connectivity index (χ0v) is 20.2. The second-order valence-corrected chi connectivity index (χ2v) is 11.6. The van der Waals surface area contributed by atoms with E-state index >= 15 is 0 Å². The molecule has 176 valence electrons. The number of benzene rings is 1. The Bertz CT molecular complexity index is 1350. The van der Waals surface area contributed by atoms with Gasteiger partial charge in [0.05, 0.1) is 30.3 Å². The number of sulfone groups is 1. The molecule has 2 aliphatic heterocycles. The molecule has 0 aliphatic carbocycles. The van der Waals surface area contributed by atoms with Gasteiger partial charge in [0, 0.05) is 19.8 Å². The van der Waals surface area contributed by atoms with E-state index in [1.54, 1.807) is 20.9 Å². The van der Waals surface area contributed by atoms with Gasteiger partial charge in [0.25, 0.3) is 0 Å². The number of hydrogen-bond acceptors (Lipinski definition) is 9. The molecule has 5 rings (SSSR count). The third-order valence-corrected chi connectivity index (χ3v) is 8.53. The number of imidazole rings is 1. The highest BCUT2D eigenvalue weighted by atomic mass is 32.2. The van der Waals surface area contributed by atoms with Gasteiger partial charge >= 0.3 is 0 Å². The first-order valence-electron chi connectivity index (χ1n) is 10.9. The van der Waals surface area contributed by atoms with Gasteiger partial charge in [-0.2, -0.15) is 4.98 Å². The number of hydrogen-bond donors (Lipinski definition) is 1. The van der Waals surface area contributed by atoms with Crippen molar-refractivity contribution >= 4 is 32.6 Å². The van der Waals surface area contributed by atoms with E-state index in [1.165, 1.54) is 6.26 Å². The summed E-state index contributed by atoms with van der Waals surface area (Å²) < 4.78 is 37.9. The van der Waals surface area contributed by atoms with Gasteiger partial charge in [-0.25, -0.2) is 23.0 Å². The van der Waals surface area contributed by atoms with E-state index in [4.69, 9.17) is 24.4 Å². The summed E-state index contributed by atoms with van der Waals surface area (Å²) in [6.45, 7) is 7.43. The highest BCUT2D eigenvalue weighted by Gasteiger charge is 2.42. The molecule has 1 aromatic carbocycles. The number of anilines is 2. The van der Waals surface area contributed by atoms with E-state index in [-0.39, 0.29) is 6.04 Å². The van der Waals surface area contributed by atoms with Gasteiger partial charge in [0.2, 0.25) is 11.9 Å². The van der Waals surface area contributed by atoms with Crippen molar-refractivity contribution in [3.8, 4) is 11.7 Å². The van der Waals surface area contributed by atoms with Gasteiger partial charge in [0.15, 0.2) is 21.4 Å². The smallest absolute Gasteiger partial charge is 0.239 e. The highest BCUT2D eigenvalue weighted by Crippen LogP contribution is 2.43. The Morgan fingerprint density at radius 2 is 1.97 bits per heavy atom. The summed E-state index contributed by atoms with van der Waals surface area (Å²) >= 11 is 0. The molecule has 1 saturated heterocycles. The first kappa shape index (κ1) is 21.9. The molecule has 2 aliphatic rings. The normalized spacial score (nSPS) is 18.6. The number of aryl methyl sites for hydroxylation is 1. The van der Waals surface area contributed by atoms with Gasteiger partial charge in [-0.3, -0.25) is 0 Å². The molecule has 10 nitrogen and oxygen atoms in total. The summed E-state index contributed by atoms with van der Waals surface area (Å²) in [5, 5.41) is 3.12. The van der Waals surface area contributed by atoms with Gasteiger partial charge in [0.1, 0.15) is 17.0 Å². The van der Waals surface area contributed by atoms with Crippen molar-refractivity contribution in [2.24, 2.45) is 0 Å².